The number of ether oxygens (including phenoxy) is 2. The number of amides is 1. The van der Waals surface area contributed by atoms with Crippen molar-refractivity contribution in [2.75, 3.05) is 14.2 Å². The van der Waals surface area contributed by atoms with Crippen LogP contribution < -0.4 is 15.2 Å². The van der Waals surface area contributed by atoms with Gasteiger partial charge in [-0.25, -0.2) is 0 Å². The predicted octanol–water partition coefficient (Wildman–Crippen LogP) is 1.47. The largest absolute Gasteiger partial charge is 0.497 e. The molecular weight excluding hydrogens is 256 g/mol. The molecular formula is C15H20N2O3. The fraction of sp³-hybridized carbons (Fsp3) is 0.533. The zero-order valence-corrected chi connectivity index (χ0v) is 11.8. The lowest BCUT2D eigenvalue weighted by molar-refractivity contribution is -0.129. The van der Waals surface area contributed by atoms with Crippen LogP contribution in [0.15, 0.2) is 18.2 Å². The summed E-state index contributed by atoms with van der Waals surface area (Å²) in [7, 11) is 3.24. The van der Waals surface area contributed by atoms with Crippen LogP contribution in [0.25, 0.3) is 0 Å². The molecule has 108 valence electrons. The number of likely N-dealkylation sites (tertiary alicyclic amines) is 1. The van der Waals surface area contributed by atoms with Crippen molar-refractivity contribution in [3.05, 3.63) is 23.8 Å². The van der Waals surface area contributed by atoms with E-state index in [4.69, 9.17) is 15.2 Å². The van der Waals surface area contributed by atoms with E-state index in [0.717, 1.165) is 29.9 Å². The van der Waals surface area contributed by atoms with Crippen LogP contribution in [0.1, 0.15) is 30.9 Å². The molecule has 1 aliphatic heterocycles. The number of nitrogens with two attached hydrogens (primary N) is 1. The second-order valence-corrected chi connectivity index (χ2v) is 5.49. The minimum atomic E-state index is -0.167. The Bertz CT molecular complexity index is 506. The molecule has 1 aromatic rings. The summed E-state index contributed by atoms with van der Waals surface area (Å²) in [5.74, 6) is 1.61. The van der Waals surface area contributed by atoms with Gasteiger partial charge in [-0.05, 0) is 30.5 Å². The number of nitrogens with zero attached hydrogens (tertiary/aromatic N) is 1. The van der Waals surface area contributed by atoms with Crippen LogP contribution >= 0.6 is 0 Å². The first-order valence-corrected chi connectivity index (χ1v) is 6.93. The van der Waals surface area contributed by atoms with Crippen LogP contribution in [0.3, 0.4) is 0 Å². The average Bonchev–Trinajstić information content (AvgIpc) is 3.23. The van der Waals surface area contributed by atoms with Crippen molar-refractivity contribution in [3.63, 3.8) is 0 Å². The molecule has 1 aliphatic carbocycles. The van der Waals surface area contributed by atoms with Crippen LogP contribution in [-0.4, -0.2) is 37.1 Å². The number of rotatable bonds is 4. The van der Waals surface area contributed by atoms with E-state index in [-0.39, 0.29) is 18.0 Å². The summed E-state index contributed by atoms with van der Waals surface area (Å²) >= 11 is 0. The summed E-state index contributed by atoms with van der Waals surface area (Å²) < 4.78 is 10.6. The molecule has 0 radical (unpaired) electrons. The minimum absolute atomic E-state index is 0.0704. The van der Waals surface area contributed by atoms with Crippen molar-refractivity contribution in [1.29, 1.82) is 0 Å². The summed E-state index contributed by atoms with van der Waals surface area (Å²) in [6.45, 7) is 0. The Labute approximate surface area is 118 Å². The van der Waals surface area contributed by atoms with Crippen LogP contribution in [0.4, 0.5) is 0 Å². The molecule has 1 aromatic carbocycles. The van der Waals surface area contributed by atoms with Crippen LogP contribution in [0, 0.1) is 0 Å². The quantitative estimate of drug-likeness (QED) is 0.904. The third-order valence-electron chi connectivity index (χ3n) is 4.06. The van der Waals surface area contributed by atoms with E-state index >= 15 is 0 Å². The molecule has 1 amide bonds. The maximum Gasteiger partial charge on any atom is 0.225 e. The Morgan fingerprint density at radius 2 is 1.75 bits per heavy atom. The monoisotopic (exact) mass is 276 g/mol. The first kappa shape index (κ1) is 13.2. The molecule has 3 rings (SSSR count). The second kappa shape index (κ2) is 4.98. The molecule has 2 aliphatic rings. The predicted molar refractivity (Wildman–Crippen MR) is 74.7 cm³/mol. The van der Waals surface area contributed by atoms with Crippen LogP contribution in [0.2, 0.25) is 0 Å². The Morgan fingerprint density at radius 1 is 1.15 bits per heavy atom. The Morgan fingerprint density at radius 3 is 2.25 bits per heavy atom. The van der Waals surface area contributed by atoms with E-state index < -0.39 is 0 Å². The van der Waals surface area contributed by atoms with Gasteiger partial charge in [0.05, 0.1) is 20.3 Å². The summed E-state index contributed by atoms with van der Waals surface area (Å²) in [6, 6.07) is 5.84. The van der Waals surface area contributed by atoms with Gasteiger partial charge in [-0.1, -0.05) is 0 Å². The van der Waals surface area contributed by atoms with Crippen molar-refractivity contribution >= 4 is 5.91 Å². The number of benzene rings is 1. The number of hydrogen-bond donors (Lipinski definition) is 1. The van der Waals surface area contributed by atoms with Gasteiger partial charge >= 0.3 is 0 Å². The van der Waals surface area contributed by atoms with Gasteiger partial charge in [0.15, 0.2) is 0 Å². The third kappa shape index (κ3) is 2.22. The Hall–Kier alpha value is -1.75. The van der Waals surface area contributed by atoms with E-state index in [0.29, 0.717) is 12.5 Å². The van der Waals surface area contributed by atoms with Crippen molar-refractivity contribution < 1.29 is 14.3 Å². The third-order valence-corrected chi connectivity index (χ3v) is 4.06. The highest BCUT2D eigenvalue weighted by atomic mass is 16.5. The first-order chi connectivity index (χ1) is 9.63. The lowest BCUT2D eigenvalue weighted by atomic mass is 10.00. The number of carbonyl (C=O) groups excluding carboxylic acids is 1. The lowest BCUT2D eigenvalue weighted by Gasteiger charge is -2.27. The Balaban J connectivity index is 1.99. The average molecular weight is 276 g/mol. The molecule has 1 heterocycles. The molecule has 0 bridgehead atoms. The van der Waals surface area contributed by atoms with E-state index in [1.165, 1.54) is 0 Å². The van der Waals surface area contributed by atoms with Crippen molar-refractivity contribution in [3.8, 4) is 11.5 Å². The highest BCUT2D eigenvalue weighted by Gasteiger charge is 2.46. The molecule has 0 spiro atoms. The van der Waals surface area contributed by atoms with E-state index in [2.05, 4.69) is 0 Å². The molecule has 2 fully saturated rings. The lowest BCUT2D eigenvalue weighted by Crippen LogP contribution is -2.34. The van der Waals surface area contributed by atoms with Crippen molar-refractivity contribution in [2.45, 2.75) is 37.4 Å². The van der Waals surface area contributed by atoms with Gasteiger partial charge in [-0.2, -0.15) is 0 Å². The van der Waals surface area contributed by atoms with Crippen molar-refractivity contribution in [1.82, 2.24) is 4.90 Å². The highest BCUT2D eigenvalue weighted by molar-refractivity contribution is 5.81. The van der Waals surface area contributed by atoms with E-state index in [1.54, 1.807) is 14.2 Å². The first-order valence-electron chi connectivity index (χ1n) is 6.93. The molecule has 20 heavy (non-hydrogen) atoms. The van der Waals surface area contributed by atoms with Gasteiger partial charge < -0.3 is 20.1 Å². The molecule has 1 saturated carbocycles. The molecule has 2 N–H and O–H groups in total. The number of methoxy groups -OCH3 is 2. The second-order valence-electron chi connectivity index (χ2n) is 5.49. The van der Waals surface area contributed by atoms with Crippen molar-refractivity contribution in [2.24, 2.45) is 5.73 Å². The maximum atomic E-state index is 12.1. The normalized spacial score (nSPS) is 25.9. The molecule has 2 unspecified atom stereocenters. The van der Waals surface area contributed by atoms with Crippen LogP contribution in [-0.2, 0) is 4.79 Å². The van der Waals surface area contributed by atoms with E-state index in [9.17, 15) is 4.79 Å². The zero-order valence-electron chi connectivity index (χ0n) is 11.8. The summed E-state index contributed by atoms with van der Waals surface area (Å²) in [5, 5.41) is 0. The SMILES string of the molecule is COc1cc(OC)cc(C2C(N)CC(=O)N2C2CC2)c1. The number of hydrogen-bond acceptors (Lipinski definition) is 4. The van der Waals surface area contributed by atoms with Crippen LogP contribution in [0.5, 0.6) is 11.5 Å². The molecule has 1 saturated heterocycles. The van der Waals surface area contributed by atoms with Gasteiger partial charge in [0.2, 0.25) is 5.91 Å². The topological polar surface area (TPSA) is 64.8 Å². The summed E-state index contributed by atoms with van der Waals surface area (Å²) in [4.78, 5) is 14.1. The zero-order chi connectivity index (χ0) is 14.3. The van der Waals surface area contributed by atoms with Gasteiger partial charge in [0, 0.05) is 24.6 Å². The van der Waals surface area contributed by atoms with Gasteiger partial charge in [-0.15, -0.1) is 0 Å². The smallest absolute Gasteiger partial charge is 0.225 e. The van der Waals surface area contributed by atoms with E-state index in [1.807, 2.05) is 23.1 Å². The van der Waals surface area contributed by atoms with Gasteiger partial charge in [-0.3, -0.25) is 4.79 Å². The minimum Gasteiger partial charge on any atom is -0.497 e. The molecule has 5 nitrogen and oxygen atoms in total. The van der Waals surface area contributed by atoms with Gasteiger partial charge in [0.1, 0.15) is 11.5 Å². The molecule has 5 heteroatoms. The van der Waals surface area contributed by atoms with Gasteiger partial charge in [0.25, 0.3) is 0 Å². The maximum absolute atomic E-state index is 12.1. The highest BCUT2D eigenvalue weighted by Crippen LogP contribution is 2.42. The molecule has 2 atom stereocenters. The fourth-order valence-corrected chi connectivity index (χ4v) is 2.97. The summed E-state index contributed by atoms with van der Waals surface area (Å²) in [6.07, 6.45) is 2.58. The summed E-state index contributed by atoms with van der Waals surface area (Å²) in [5.41, 5.74) is 7.19. The number of carbonyl (C=O) groups is 1. The Kier molecular flexibility index (Phi) is 3.30. The standard InChI is InChI=1S/C15H20N2O3/c1-19-11-5-9(6-12(7-11)20-2)15-13(16)8-14(18)17(15)10-3-4-10/h5-7,10,13,15H,3-4,8,16H2,1-2H3. The molecule has 0 aromatic heterocycles. The fourth-order valence-electron chi connectivity index (χ4n) is 2.97.